The first-order chi connectivity index (χ1) is 13.4. The Kier molecular flexibility index (Phi) is 8.01. The van der Waals surface area contributed by atoms with Gasteiger partial charge in [-0.25, -0.2) is 5.43 Å². The van der Waals surface area contributed by atoms with E-state index in [4.69, 9.17) is 9.47 Å². The fourth-order valence-corrected chi connectivity index (χ4v) is 2.74. The average molecular weight is 448 g/mol. The van der Waals surface area contributed by atoms with Crippen molar-refractivity contribution in [2.75, 3.05) is 19.0 Å². The summed E-state index contributed by atoms with van der Waals surface area (Å²) in [5.74, 6) is 0.691. The minimum absolute atomic E-state index is 0.0546. The molecule has 0 aliphatic carbocycles. The third-order valence-corrected chi connectivity index (χ3v) is 4.15. The highest BCUT2D eigenvalue weighted by molar-refractivity contribution is 9.10. The Labute approximate surface area is 172 Å². The molecule has 0 fully saturated rings. The number of carbonyl (C=O) groups is 2. The Balaban J connectivity index is 1.77. The molecular formula is C20H22BrN3O4. The third kappa shape index (κ3) is 7.03. The van der Waals surface area contributed by atoms with Crippen molar-refractivity contribution in [1.29, 1.82) is 0 Å². The largest absolute Gasteiger partial charge is 0.497 e. The SMILES string of the molecule is COc1ccc(NC(=O)C/C(C)=N\NC(=O)COc2ccc(Br)cc2C)cc1. The topological polar surface area (TPSA) is 89.0 Å². The van der Waals surface area contributed by atoms with Gasteiger partial charge in [-0.15, -0.1) is 0 Å². The van der Waals surface area contributed by atoms with Crippen LogP contribution in [0.5, 0.6) is 11.5 Å². The summed E-state index contributed by atoms with van der Waals surface area (Å²) >= 11 is 3.37. The lowest BCUT2D eigenvalue weighted by Gasteiger charge is -2.09. The van der Waals surface area contributed by atoms with Crippen LogP contribution >= 0.6 is 15.9 Å². The van der Waals surface area contributed by atoms with Gasteiger partial charge in [0.1, 0.15) is 11.5 Å². The predicted molar refractivity (Wildman–Crippen MR) is 112 cm³/mol. The summed E-state index contributed by atoms with van der Waals surface area (Å²) in [6.07, 6.45) is 0.0546. The molecule has 8 heteroatoms. The molecule has 0 radical (unpaired) electrons. The van der Waals surface area contributed by atoms with Crippen LogP contribution in [0.15, 0.2) is 52.0 Å². The van der Waals surface area contributed by atoms with Crippen LogP contribution < -0.4 is 20.2 Å². The van der Waals surface area contributed by atoms with Crippen molar-refractivity contribution in [3.63, 3.8) is 0 Å². The van der Waals surface area contributed by atoms with E-state index >= 15 is 0 Å². The van der Waals surface area contributed by atoms with Crippen LogP contribution in [0.2, 0.25) is 0 Å². The molecule has 148 valence electrons. The number of halogens is 1. The maximum Gasteiger partial charge on any atom is 0.277 e. The van der Waals surface area contributed by atoms with Crippen molar-refractivity contribution in [3.8, 4) is 11.5 Å². The molecule has 0 aliphatic heterocycles. The van der Waals surface area contributed by atoms with Gasteiger partial charge in [0, 0.05) is 15.9 Å². The Morgan fingerprint density at radius 2 is 1.82 bits per heavy atom. The number of nitrogens with one attached hydrogen (secondary N) is 2. The number of hydrogen-bond acceptors (Lipinski definition) is 5. The van der Waals surface area contributed by atoms with Gasteiger partial charge in [0.15, 0.2) is 6.61 Å². The Hall–Kier alpha value is -2.87. The monoisotopic (exact) mass is 447 g/mol. The number of methoxy groups -OCH3 is 1. The lowest BCUT2D eigenvalue weighted by atomic mass is 10.2. The first kappa shape index (κ1) is 21.4. The molecule has 0 aromatic heterocycles. The normalized spacial score (nSPS) is 10.9. The highest BCUT2D eigenvalue weighted by Crippen LogP contribution is 2.22. The number of rotatable bonds is 8. The van der Waals surface area contributed by atoms with Gasteiger partial charge in [0.2, 0.25) is 5.91 Å². The summed E-state index contributed by atoms with van der Waals surface area (Å²) in [5.41, 5.74) is 4.43. The number of anilines is 1. The van der Waals surface area contributed by atoms with Crippen LogP contribution in [0.1, 0.15) is 18.9 Å². The van der Waals surface area contributed by atoms with Crippen molar-refractivity contribution >= 4 is 39.1 Å². The van der Waals surface area contributed by atoms with Crippen LogP contribution in [0.3, 0.4) is 0 Å². The van der Waals surface area contributed by atoms with E-state index in [-0.39, 0.29) is 18.9 Å². The third-order valence-electron chi connectivity index (χ3n) is 3.66. The van der Waals surface area contributed by atoms with Gasteiger partial charge in [0.25, 0.3) is 5.91 Å². The molecule has 0 spiro atoms. The van der Waals surface area contributed by atoms with Crippen molar-refractivity contribution in [3.05, 3.63) is 52.5 Å². The zero-order valence-electron chi connectivity index (χ0n) is 15.9. The summed E-state index contributed by atoms with van der Waals surface area (Å²) in [4.78, 5) is 23.9. The number of benzene rings is 2. The lowest BCUT2D eigenvalue weighted by molar-refractivity contribution is -0.123. The highest BCUT2D eigenvalue weighted by atomic mass is 79.9. The second-order valence-corrected chi connectivity index (χ2v) is 6.95. The molecular weight excluding hydrogens is 426 g/mol. The minimum atomic E-state index is -0.405. The van der Waals surface area contributed by atoms with Gasteiger partial charge in [-0.3, -0.25) is 9.59 Å². The van der Waals surface area contributed by atoms with Gasteiger partial charge in [-0.2, -0.15) is 5.10 Å². The molecule has 7 nitrogen and oxygen atoms in total. The number of nitrogens with zero attached hydrogens (tertiary/aromatic N) is 1. The summed E-state index contributed by atoms with van der Waals surface area (Å²) < 4.78 is 11.5. The van der Waals surface area contributed by atoms with E-state index in [0.717, 1.165) is 10.0 Å². The molecule has 0 aliphatic rings. The second-order valence-electron chi connectivity index (χ2n) is 6.03. The van der Waals surface area contributed by atoms with Gasteiger partial charge >= 0.3 is 0 Å². The molecule has 2 rings (SSSR count). The lowest BCUT2D eigenvalue weighted by Crippen LogP contribution is -2.26. The standard InChI is InChI=1S/C20H22BrN3O4/c1-13-10-15(21)4-9-18(13)28-12-20(26)24-23-14(2)11-19(25)22-16-5-7-17(27-3)8-6-16/h4-10H,11-12H2,1-3H3,(H,22,25)(H,24,26)/b23-14-. The van der Waals surface area contributed by atoms with Gasteiger partial charge in [-0.1, -0.05) is 15.9 Å². The molecule has 0 unspecified atom stereocenters. The summed E-state index contributed by atoms with van der Waals surface area (Å²) in [7, 11) is 1.58. The minimum Gasteiger partial charge on any atom is -0.497 e. The number of amides is 2. The smallest absolute Gasteiger partial charge is 0.277 e. The zero-order valence-corrected chi connectivity index (χ0v) is 17.5. The first-order valence-electron chi connectivity index (χ1n) is 8.52. The van der Waals surface area contributed by atoms with E-state index in [1.807, 2.05) is 19.1 Å². The highest BCUT2D eigenvalue weighted by Gasteiger charge is 2.07. The Morgan fingerprint density at radius 3 is 2.46 bits per heavy atom. The van der Waals surface area contributed by atoms with Gasteiger partial charge in [-0.05, 0) is 61.9 Å². The summed E-state index contributed by atoms with van der Waals surface area (Å²) in [6.45, 7) is 3.38. The molecule has 28 heavy (non-hydrogen) atoms. The molecule has 0 saturated carbocycles. The van der Waals surface area contributed by atoms with E-state index in [1.165, 1.54) is 0 Å². The van der Waals surface area contributed by atoms with Gasteiger partial charge in [0.05, 0.1) is 13.5 Å². The molecule has 0 atom stereocenters. The van der Waals surface area contributed by atoms with E-state index in [9.17, 15) is 9.59 Å². The molecule has 0 saturated heterocycles. The number of ether oxygens (including phenoxy) is 2. The molecule has 2 aromatic rings. The van der Waals surface area contributed by atoms with Crippen LogP contribution in [0.4, 0.5) is 5.69 Å². The number of carbonyl (C=O) groups excluding carboxylic acids is 2. The maximum absolute atomic E-state index is 12.0. The number of hydrazone groups is 1. The van der Waals surface area contributed by atoms with E-state index in [0.29, 0.717) is 22.9 Å². The molecule has 0 heterocycles. The zero-order chi connectivity index (χ0) is 20.5. The summed E-state index contributed by atoms with van der Waals surface area (Å²) in [5, 5.41) is 6.68. The van der Waals surface area contributed by atoms with Crippen molar-refractivity contribution in [2.24, 2.45) is 5.10 Å². The van der Waals surface area contributed by atoms with Crippen molar-refractivity contribution in [2.45, 2.75) is 20.3 Å². The van der Waals surface area contributed by atoms with Gasteiger partial charge < -0.3 is 14.8 Å². The van der Waals surface area contributed by atoms with Crippen LogP contribution in [0, 0.1) is 6.92 Å². The van der Waals surface area contributed by atoms with Crippen LogP contribution in [-0.4, -0.2) is 31.2 Å². The fourth-order valence-electron chi connectivity index (χ4n) is 2.26. The van der Waals surface area contributed by atoms with Crippen molar-refractivity contribution in [1.82, 2.24) is 5.43 Å². The van der Waals surface area contributed by atoms with E-state index in [1.54, 1.807) is 44.4 Å². The van der Waals surface area contributed by atoms with E-state index < -0.39 is 5.91 Å². The average Bonchev–Trinajstić information content (AvgIpc) is 2.66. The number of aryl methyl sites for hydroxylation is 1. The molecule has 2 aromatic carbocycles. The maximum atomic E-state index is 12.0. The first-order valence-corrected chi connectivity index (χ1v) is 9.31. The second kappa shape index (κ2) is 10.5. The molecule has 0 bridgehead atoms. The van der Waals surface area contributed by atoms with E-state index in [2.05, 4.69) is 31.8 Å². The predicted octanol–water partition coefficient (Wildman–Crippen LogP) is 3.67. The number of hydrogen-bond donors (Lipinski definition) is 2. The molecule has 2 amide bonds. The fraction of sp³-hybridized carbons (Fsp3) is 0.250. The van der Waals surface area contributed by atoms with Crippen LogP contribution in [0.25, 0.3) is 0 Å². The summed E-state index contributed by atoms with van der Waals surface area (Å²) in [6, 6.07) is 12.5. The molecule has 2 N–H and O–H groups in total. The Morgan fingerprint density at radius 1 is 1.11 bits per heavy atom. The van der Waals surface area contributed by atoms with Crippen molar-refractivity contribution < 1.29 is 19.1 Å². The quantitative estimate of drug-likeness (QED) is 0.477. The Bertz CT molecular complexity index is 866. The van der Waals surface area contributed by atoms with Crippen LogP contribution in [-0.2, 0) is 9.59 Å².